The summed E-state index contributed by atoms with van der Waals surface area (Å²) in [6.07, 6.45) is 4.68. The Morgan fingerprint density at radius 1 is 1.40 bits per heavy atom. The third-order valence-corrected chi connectivity index (χ3v) is 4.42. The van der Waals surface area contributed by atoms with Gasteiger partial charge >= 0.3 is 0 Å². The highest BCUT2D eigenvalue weighted by Crippen LogP contribution is 2.30. The lowest BCUT2D eigenvalue weighted by atomic mass is 10.00. The molecule has 0 aromatic heterocycles. The van der Waals surface area contributed by atoms with Gasteiger partial charge in [-0.3, -0.25) is 0 Å². The second-order valence-corrected chi connectivity index (χ2v) is 6.39. The molecule has 1 aliphatic heterocycles. The van der Waals surface area contributed by atoms with E-state index in [4.69, 9.17) is 0 Å². The number of halogens is 1. The highest BCUT2D eigenvalue weighted by molar-refractivity contribution is 9.10. The zero-order valence-electron chi connectivity index (χ0n) is 12.2. The Hall–Kier alpha value is -0.580. The van der Waals surface area contributed by atoms with E-state index in [0.29, 0.717) is 0 Å². The van der Waals surface area contributed by atoms with Crippen LogP contribution in [0.5, 0.6) is 0 Å². The summed E-state index contributed by atoms with van der Waals surface area (Å²) in [6, 6.07) is 6.75. The zero-order valence-corrected chi connectivity index (χ0v) is 13.8. The normalized spacial score (nSPS) is 19.4. The molecule has 0 bridgehead atoms. The molecule has 1 fully saturated rings. The Labute approximate surface area is 130 Å². The molecule has 2 rings (SSSR count). The Balaban J connectivity index is 2.19. The van der Waals surface area contributed by atoms with Crippen molar-refractivity contribution in [1.29, 1.82) is 0 Å². The second-order valence-electron chi connectivity index (χ2n) is 5.48. The smallest absolute Gasteiger partial charge is 0.0635 e. The van der Waals surface area contributed by atoms with Gasteiger partial charge in [-0.15, -0.1) is 0 Å². The third kappa shape index (κ3) is 3.96. The van der Waals surface area contributed by atoms with Crippen LogP contribution in [0.4, 0.5) is 5.69 Å². The van der Waals surface area contributed by atoms with Crippen LogP contribution in [-0.2, 0) is 6.54 Å². The molecular formula is C16H25BrN2O. The van der Waals surface area contributed by atoms with Gasteiger partial charge in [0.1, 0.15) is 0 Å². The number of anilines is 1. The molecule has 0 aliphatic carbocycles. The maximum absolute atomic E-state index is 9.62. The van der Waals surface area contributed by atoms with E-state index >= 15 is 0 Å². The molecule has 1 atom stereocenters. The molecule has 20 heavy (non-hydrogen) atoms. The monoisotopic (exact) mass is 340 g/mol. The van der Waals surface area contributed by atoms with Gasteiger partial charge in [-0.1, -0.05) is 22.9 Å². The van der Waals surface area contributed by atoms with E-state index in [0.717, 1.165) is 36.9 Å². The molecule has 1 aromatic rings. The van der Waals surface area contributed by atoms with Crippen molar-refractivity contribution in [3.63, 3.8) is 0 Å². The van der Waals surface area contributed by atoms with Crippen LogP contribution in [0.25, 0.3) is 0 Å². The van der Waals surface area contributed by atoms with Gasteiger partial charge in [-0.25, -0.2) is 0 Å². The average molecular weight is 341 g/mol. The van der Waals surface area contributed by atoms with E-state index < -0.39 is 0 Å². The summed E-state index contributed by atoms with van der Waals surface area (Å²) in [5.74, 6) is 0. The molecule has 3 nitrogen and oxygen atoms in total. The minimum atomic E-state index is 0.248. The number of piperidine rings is 1. The van der Waals surface area contributed by atoms with Crippen LogP contribution >= 0.6 is 15.9 Å². The Morgan fingerprint density at radius 2 is 2.25 bits per heavy atom. The number of rotatable bonds is 6. The SMILES string of the molecule is CCCNCc1cc(Br)ccc1N1CCCCC1CO. The van der Waals surface area contributed by atoms with Gasteiger partial charge in [-0.2, -0.15) is 0 Å². The summed E-state index contributed by atoms with van der Waals surface area (Å²) in [5.41, 5.74) is 2.59. The van der Waals surface area contributed by atoms with Crippen molar-refractivity contribution in [3.8, 4) is 0 Å². The van der Waals surface area contributed by atoms with Gasteiger partial charge in [0.15, 0.2) is 0 Å². The van der Waals surface area contributed by atoms with E-state index in [1.54, 1.807) is 0 Å². The first-order valence-corrected chi connectivity index (χ1v) is 8.42. The minimum absolute atomic E-state index is 0.248. The topological polar surface area (TPSA) is 35.5 Å². The first-order chi connectivity index (χ1) is 9.76. The van der Waals surface area contributed by atoms with Gasteiger partial charge in [0, 0.05) is 23.2 Å². The molecular weight excluding hydrogens is 316 g/mol. The van der Waals surface area contributed by atoms with Crippen LogP contribution in [-0.4, -0.2) is 30.8 Å². The third-order valence-electron chi connectivity index (χ3n) is 3.93. The summed E-state index contributed by atoms with van der Waals surface area (Å²) < 4.78 is 1.12. The van der Waals surface area contributed by atoms with Crippen molar-refractivity contribution in [3.05, 3.63) is 28.2 Å². The van der Waals surface area contributed by atoms with Crippen LogP contribution < -0.4 is 10.2 Å². The molecule has 1 heterocycles. The van der Waals surface area contributed by atoms with Crippen LogP contribution in [0.1, 0.15) is 38.2 Å². The first-order valence-electron chi connectivity index (χ1n) is 7.63. The molecule has 2 N–H and O–H groups in total. The molecule has 1 saturated heterocycles. The maximum Gasteiger partial charge on any atom is 0.0635 e. The summed E-state index contributed by atoms with van der Waals surface area (Å²) >= 11 is 3.57. The van der Waals surface area contributed by atoms with E-state index in [2.05, 4.69) is 51.3 Å². The molecule has 0 spiro atoms. The molecule has 0 saturated carbocycles. The first kappa shape index (κ1) is 15.8. The molecule has 0 amide bonds. The Morgan fingerprint density at radius 3 is 3.00 bits per heavy atom. The summed E-state index contributed by atoms with van der Waals surface area (Å²) in [7, 11) is 0. The zero-order chi connectivity index (χ0) is 14.4. The fourth-order valence-electron chi connectivity index (χ4n) is 2.88. The van der Waals surface area contributed by atoms with Crippen molar-refractivity contribution in [1.82, 2.24) is 5.32 Å². The van der Waals surface area contributed by atoms with Crippen molar-refractivity contribution in [2.24, 2.45) is 0 Å². The number of aliphatic hydroxyl groups is 1. The molecule has 0 radical (unpaired) electrons. The summed E-state index contributed by atoms with van der Waals surface area (Å²) in [5, 5.41) is 13.1. The number of aliphatic hydroxyl groups excluding tert-OH is 1. The van der Waals surface area contributed by atoms with Crippen LogP contribution in [0.3, 0.4) is 0 Å². The lowest BCUT2D eigenvalue weighted by Gasteiger charge is -2.37. The molecule has 1 aromatic carbocycles. The largest absolute Gasteiger partial charge is 0.394 e. The van der Waals surface area contributed by atoms with Crippen LogP contribution in [0.15, 0.2) is 22.7 Å². The number of benzene rings is 1. The summed E-state index contributed by atoms with van der Waals surface area (Å²) in [4.78, 5) is 2.39. The standard InChI is InChI=1S/C16H25BrN2O/c1-2-8-18-11-13-10-14(17)6-7-16(13)19-9-4-3-5-15(19)12-20/h6-7,10,15,18,20H,2-5,8-9,11-12H2,1H3. The van der Waals surface area contributed by atoms with E-state index in [-0.39, 0.29) is 12.6 Å². The average Bonchev–Trinajstić information content (AvgIpc) is 2.48. The number of hydrogen-bond donors (Lipinski definition) is 2. The molecule has 112 valence electrons. The fraction of sp³-hybridized carbons (Fsp3) is 0.625. The molecule has 4 heteroatoms. The van der Waals surface area contributed by atoms with Gasteiger partial charge in [-0.05, 0) is 56.0 Å². The van der Waals surface area contributed by atoms with Crippen molar-refractivity contribution in [2.45, 2.75) is 45.2 Å². The van der Waals surface area contributed by atoms with Gasteiger partial charge in [0.05, 0.1) is 12.6 Å². The van der Waals surface area contributed by atoms with E-state index in [9.17, 15) is 5.11 Å². The maximum atomic E-state index is 9.62. The second kappa shape index (κ2) is 8.01. The van der Waals surface area contributed by atoms with Gasteiger partial charge in [0.2, 0.25) is 0 Å². The highest BCUT2D eigenvalue weighted by Gasteiger charge is 2.23. The van der Waals surface area contributed by atoms with E-state index in [1.807, 2.05) is 0 Å². The van der Waals surface area contributed by atoms with E-state index in [1.165, 1.54) is 24.1 Å². The van der Waals surface area contributed by atoms with Crippen molar-refractivity contribution in [2.75, 3.05) is 24.6 Å². The van der Waals surface area contributed by atoms with Crippen LogP contribution in [0.2, 0.25) is 0 Å². The highest BCUT2D eigenvalue weighted by atomic mass is 79.9. The lowest BCUT2D eigenvalue weighted by Crippen LogP contribution is -2.42. The predicted molar refractivity (Wildman–Crippen MR) is 88.2 cm³/mol. The summed E-state index contributed by atoms with van der Waals surface area (Å²) in [6.45, 7) is 5.40. The minimum Gasteiger partial charge on any atom is -0.394 e. The lowest BCUT2D eigenvalue weighted by molar-refractivity contribution is 0.240. The van der Waals surface area contributed by atoms with Crippen molar-refractivity contribution < 1.29 is 5.11 Å². The van der Waals surface area contributed by atoms with Gasteiger partial charge in [0.25, 0.3) is 0 Å². The predicted octanol–water partition coefficient (Wildman–Crippen LogP) is 3.30. The van der Waals surface area contributed by atoms with Crippen molar-refractivity contribution >= 4 is 21.6 Å². The number of nitrogens with zero attached hydrogens (tertiary/aromatic N) is 1. The molecule has 1 aliphatic rings. The fourth-order valence-corrected chi connectivity index (χ4v) is 3.29. The number of nitrogens with one attached hydrogen (secondary N) is 1. The Bertz CT molecular complexity index is 425. The van der Waals surface area contributed by atoms with Crippen LogP contribution in [0, 0.1) is 0 Å². The molecule has 1 unspecified atom stereocenters. The number of hydrogen-bond acceptors (Lipinski definition) is 3. The quantitative estimate of drug-likeness (QED) is 0.780. The Kier molecular flexibility index (Phi) is 6.33. The van der Waals surface area contributed by atoms with Gasteiger partial charge < -0.3 is 15.3 Å².